The monoisotopic (exact) mass is 399 g/mol. The predicted octanol–water partition coefficient (Wildman–Crippen LogP) is 2.86. The van der Waals surface area contributed by atoms with E-state index in [1.165, 1.54) is 18.3 Å². The summed E-state index contributed by atoms with van der Waals surface area (Å²) in [5.41, 5.74) is 1.99. The second kappa shape index (κ2) is 7.90. The van der Waals surface area contributed by atoms with Gasteiger partial charge in [0.1, 0.15) is 17.3 Å². The van der Waals surface area contributed by atoms with Crippen LogP contribution >= 0.6 is 0 Å². The van der Waals surface area contributed by atoms with E-state index in [1.807, 2.05) is 13.0 Å². The molecule has 29 heavy (non-hydrogen) atoms. The van der Waals surface area contributed by atoms with Gasteiger partial charge in [0, 0.05) is 37.2 Å². The molecule has 0 radical (unpaired) electrons. The van der Waals surface area contributed by atoms with Gasteiger partial charge in [0.15, 0.2) is 0 Å². The van der Waals surface area contributed by atoms with Crippen LogP contribution in [0.25, 0.3) is 11.4 Å². The van der Waals surface area contributed by atoms with Crippen molar-refractivity contribution in [3.8, 4) is 11.4 Å². The zero-order chi connectivity index (χ0) is 20.4. The number of rotatable bonds is 6. The van der Waals surface area contributed by atoms with Crippen LogP contribution < -0.4 is 10.6 Å². The number of aromatic nitrogens is 5. The molecule has 2 N–H and O–H groups in total. The molecule has 8 nitrogen and oxygen atoms in total. The number of hydrogen-bond donors (Lipinski definition) is 2. The third-order valence-corrected chi connectivity index (χ3v) is 4.57. The Labute approximate surface area is 165 Å². The summed E-state index contributed by atoms with van der Waals surface area (Å²) in [5.74, 6) is 0.997. The highest BCUT2D eigenvalue weighted by Gasteiger charge is 2.22. The second-order valence-corrected chi connectivity index (χ2v) is 7.02. The Morgan fingerprint density at radius 1 is 1.28 bits per heavy atom. The Morgan fingerprint density at radius 2 is 2.14 bits per heavy atom. The number of anilines is 2. The molecule has 1 amide bonds. The molecular weight excluding hydrogens is 380 g/mol. The molecule has 1 fully saturated rings. The molecule has 1 aliphatic rings. The summed E-state index contributed by atoms with van der Waals surface area (Å²) in [6.07, 6.45) is 1.02. The van der Waals surface area contributed by atoms with Crippen molar-refractivity contribution in [3.05, 3.63) is 47.8 Å². The predicted molar refractivity (Wildman–Crippen MR) is 102 cm³/mol. The van der Waals surface area contributed by atoms with Crippen LogP contribution in [-0.4, -0.2) is 37.4 Å². The smallest absolute Gasteiger partial charge is 0.264 e. The average molecular weight is 399 g/mol. The van der Waals surface area contributed by atoms with Crippen molar-refractivity contribution in [2.24, 2.45) is 5.92 Å². The van der Waals surface area contributed by atoms with Gasteiger partial charge in [-0.25, -0.2) is 18.7 Å². The molecule has 3 aromatic heterocycles. The van der Waals surface area contributed by atoms with E-state index < -0.39 is 6.43 Å². The van der Waals surface area contributed by atoms with Crippen LogP contribution in [0.4, 0.5) is 20.4 Å². The molecule has 150 valence electrons. The van der Waals surface area contributed by atoms with Crippen LogP contribution in [0.5, 0.6) is 0 Å². The van der Waals surface area contributed by atoms with E-state index in [4.69, 9.17) is 0 Å². The lowest BCUT2D eigenvalue weighted by Gasteiger charge is -2.09. The summed E-state index contributed by atoms with van der Waals surface area (Å²) < 4.78 is 27.5. The largest absolute Gasteiger partial charge is 0.356 e. The fourth-order valence-electron chi connectivity index (χ4n) is 3.21. The normalized spacial score (nSPS) is 16.3. The first-order chi connectivity index (χ1) is 14.0. The van der Waals surface area contributed by atoms with Crippen LogP contribution in [0, 0.1) is 12.8 Å². The number of aryl methyl sites for hydroxylation is 1. The number of nitrogens with one attached hydrogen (secondary N) is 2. The molecule has 4 rings (SSSR count). The van der Waals surface area contributed by atoms with Crippen molar-refractivity contribution in [3.63, 3.8) is 0 Å². The second-order valence-electron chi connectivity index (χ2n) is 7.02. The van der Waals surface area contributed by atoms with Crippen molar-refractivity contribution < 1.29 is 13.6 Å². The molecule has 1 aliphatic heterocycles. The van der Waals surface area contributed by atoms with Crippen LogP contribution in [0.3, 0.4) is 0 Å². The molecule has 0 bridgehead atoms. The SMILES string of the molecule is Cc1cc(Nc2cc(C(F)F)ccn2)nc(-c2cn(C[C@H]3CNC(=O)C3)nn2)c1. The van der Waals surface area contributed by atoms with Gasteiger partial charge >= 0.3 is 0 Å². The number of hydrogen-bond acceptors (Lipinski definition) is 6. The van der Waals surface area contributed by atoms with E-state index in [2.05, 4.69) is 30.9 Å². The summed E-state index contributed by atoms with van der Waals surface area (Å²) in [7, 11) is 0. The summed E-state index contributed by atoms with van der Waals surface area (Å²) in [6, 6.07) is 6.22. The lowest BCUT2D eigenvalue weighted by molar-refractivity contribution is -0.119. The summed E-state index contributed by atoms with van der Waals surface area (Å²) >= 11 is 0. The van der Waals surface area contributed by atoms with Gasteiger partial charge in [-0.1, -0.05) is 5.21 Å². The van der Waals surface area contributed by atoms with Crippen molar-refractivity contribution in [1.29, 1.82) is 0 Å². The molecule has 0 saturated carbocycles. The van der Waals surface area contributed by atoms with Crippen LogP contribution in [-0.2, 0) is 11.3 Å². The van der Waals surface area contributed by atoms with Gasteiger partial charge in [0.25, 0.3) is 6.43 Å². The van der Waals surface area contributed by atoms with E-state index in [9.17, 15) is 13.6 Å². The molecule has 0 aromatic carbocycles. The Hall–Kier alpha value is -3.43. The number of amides is 1. The highest BCUT2D eigenvalue weighted by Crippen LogP contribution is 2.24. The Morgan fingerprint density at radius 3 is 2.90 bits per heavy atom. The zero-order valence-corrected chi connectivity index (χ0v) is 15.6. The first-order valence-corrected chi connectivity index (χ1v) is 9.13. The van der Waals surface area contributed by atoms with Crippen LogP contribution in [0.1, 0.15) is 24.0 Å². The van der Waals surface area contributed by atoms with Gasteiger partial charge in [-0.05, 0) is 36.8 Å². The number of halogens is 2. The number of pyridine rings is 2. The fourth-order valence-corrected chi connectivity index (χ4v) is 3.21. The molecule has 0 unspecified atom stereocenters. The van der Waals surface area contributed by atoms with Gasteiger partial charge < -0.3 is 10.6 Å². The molecule has 0 aliphatic carbocycles. The lowest BCUT2D eigenvalue weighted by atomic mass is 10.1. The minimum absolute atomic E-state index is 0.0518. The summed E-state index contributed by atoms with van der Waals surface area (Å²) in [6.45, 7) is 3.13. The van der Waals surface area contributed by atoms with Gasteiger partial charge in [0.2, 0.25) is 5.91 Å². The van der Waals surface area contributed by atoms with Crippen molar-refractivity contribution in [2.75, 3.05) is 11.9 Å². The Kier molecular flexibility index (Phi) is 5.15. The van der Waals surface area contributed by atoms with Gasteiger partial charge in [-0.2, -0.15) is 0 Å². The van der Waals surface area contributed by atoms with Crippen LogP contribution in [0.2, 0.25) is 0 Å². The van der Waals surface area contributed by atoms with Crippen molar-refractivity contribution >= 4 is 17.5 Å². The number of carbonyl (C=O) groups is 1. The highest BCUT2D eigenvalue weighted by molar-refractivity contribution is 5.78. The standard InChI is InChI=1S/C19H19F2N7O/c1-11-4-14(15-10-28(27-26-15)9-12-6-18(29)23-8-12)24-17(5-11)25-16-7-13(19(20)21)2-3-22-16/h2-5,7,10,12,19H,6,8-9H2,1H3,(H,23,29)(H,22,24,25)/t12-/m1/s1. The van der Waals surface area contributed by atoms with E-state index in [-0.39, 0.29) is 23.2 Å². The maximum absolute atomic E-state index is 12.9. The molecule has 3 aromatic rings. The topological polar surface area (TPSA) is 97.6 Å². The number of alkyl halides is 2. The quantitative estimate of drug-likeness (QED) is 0.662. The zero-order valence-electron chi connectivity index (χ0n) is 15.6. The minimum atomic E-state index is -2.57. The molecular formula is C19H19F2N7O. The van der Waals surface area contributed by atoms with E-state index >= 15 is 0 Å². The molecule has 1 atom stereocenters. The molecule has 1 saturated heterocycles. The first kappa shape index (κ1) is 18.9. The first-order valence-electron chi connectivity index (χ1n) is 9.13. The molecule has 0 spiro atoms. The van der Waals surface area contributed by atoms with Crippen LogP contribution in [0.15, 0.2) is 36.7 Å². The Bertz CT molecular complexity index is 1040. The third-order valence-electron chi connectivity index (χ3n) is 4.57. The van der Waals surface area contributed by atoms with E-state index in [1.54, 1.807) is 16.9 Å². The molecule has 4 heterocycles. The summed E-state index contributed by atoms with van der Waals surface area (Å²) in [5, 5.41) is 14.1. The van der Waals surface area contributed by atoms with E-state index in [0.717, 1.165) is 5.56 Å². The maximum Gasteiger partial charge on any atom is 0.264 e. The minimum Gasteiger partial charge on any atom is -0.356 e. The van der Waals surface area contributed by atoms with Gasteiger partial charge in [-0.15, -0.1) is 5.10 Å². The van der Waals surface area contributed by atoms with E-state index in [0.29, 0.717) is 36.7 Å². The van der Waals surface area contributed by atoms with Gasteiger partial charge in [0.05, 0.1) is 11.9 Å². The third kappa shape index (κ3) is 4.53. The number of carbonyl (C=O) groups excluding carboxylic acids is 1. The van der Waals surface area contributed by atoms with Gasteiger partial charge in [-0.3, -0.25) is 9.48 Å². The summed E-state index contributed by atoms with van der Waals surface area (Å²) in [4.78, 5) is 19.9. The highest BCUT2D eigenvalue weighted by atomic mass is 19.3. The Balaban J connectivity index is 1.53. The number of nitrogens with zero attached hydrogens (tertiary/aromatic N) is 5. The maximum atomic E-state index is 12.9. The lowest BCUT2D eigenvalue weighted by Crippen LogP contribution is -2.16. The average Bonchev–Trinajstić information content (AvgIpc) is 3.31. The fraction of sp³-hybridized carbons (Fsp3) is 0.316. The van der Waals surface area contributed by atoms with Crippen molar-refractivity contribution in [1.82, 2.24) is 30.3 Å². The van der Waals surface area contributed by atoms with Crippen molar-refractivity contribution in [2.45, 2.75) is 26.3 Å². The molecule has 10 heteroatoms.